The fourth-order valence-corrected chi connectivity index (χ4v) is 4.88. The van der Waals surface area contributed by atoms with Crippen LogP contribution in [-0.2, 0) is 16.1 Å². The average molecular weight is 513 g/mol. The molecule has 2 aromatic carbocycles. The van der Waals surface area contributed by atoms with Gasteiger partial charge in [0.15, 0.2) is 0 Å². The van der Waals surface area contributed by atoms with Crippen LogP contribution in [0.15, 0.2) is 67.1 Å². The highest BCUT2D eigenvalue weighted by molar-refractivity contribution is 6.08. The number of carbonyl (C=O) groups excluding carboxylic acids is 3. The molecule has 0 unspecified atom stereocenters. The van der Waals surface area contributed by atoms with Crippen molar-refractivity contribution in [2.75, 3.05) is 33.2 Å². The van der Waals surface area contributed by atoms with Gasteiger partial charge in [0.2, 0.25) is 0 Å². The van der Waals surface area contributed by atoms with E-state index < -0.39 is 5.91 Å². The third-order valence-electron chi connectivity index (χ3n) is 7.23. The minimum atomic E-state index is -0.622. The topological polar surface area (TPSA) is 90.8 Å². The average Bonchev–Trinajstić information content (AvgIpc) is 3.49. The molecule has 0 saturated carbocycles. The molecular weight excluding hydrogens is 480 g/mol. The van der Waals surface area contributed by atoms with E-state index in [-0.39, 0.29) is 35.8 Å². The minimum Gasteiger partial charge on any atom is -0.335 e. The van der Waals surface area contributed by atoms with E-state index in [0.29, 0.717) is 18.7 Å². The van der Waals surface area contributed by atoms with Gasteiger partial charge >= 0.3 is 0 Å². The van der Waals surface area contributed by atoms with Crippen LogP contribution >= 0.6 is 0 Å². The molecule has 1 fully saturated rings. The van der Waals surface area contributed by atoms with Crippen molar-refractivity contribution in [2.45, 2.75) is 26.4 Å². The van der Waals surface area contributed by atoms with Gasteiger partial charge in [0.1, 0.15) is 5.70 Å². The molecule has 3 aromatic rings. The number of likely N-dealkylation sites (N-methyl/N-ethyl adjacent to an activating group) is 1. The second-order valence-corrected chi connectivity index (χ2v) is 10.2. The number of fused-ring (bicyclic) bond motifs is 2. The van der Waals surface area contributed by atoms with Crippen LogP contribution in [0.2, 0.25) is 0 Å². The number of amides is 3. The van der Waals surface area contributed by atoms with Crippen molar-refractivity contribution in [1.82, 2.24) is 29.8 Å². The molecule has 2 aliphatic rings. The van der Waals surface area contributed by atoms with Gasteiger partial charge in [-0.3, -0.25) is 24.0 Å². The number of hydrogen-bond donors (Lipinski definition) is 1. The van der Waals surface area contributed by atoms with Crippen LogP contribution in [0, 0.1) is 0 Å². The molecule has 1 saturated heterocycles. The molecule has 0 atom stereocenters. The van der Waals surface area contributed by atoms with E-state index in [0.717, 1.165) is 40.7 Å². The Labute approximate surface area is 222 Å². The summed E-state index contributed by atoms with van der Waals surface area (Å²) in [5.74, 6) is -1.25. The standard InChI is InChI=1S/C29H32N6O3/c1-18(2)35-16-22-15-21(9-10-26(22)31-35)23-7-6-8-24-25(23)17-34(29(24)38)20(4)27(36)30-19(3)28(37)33-13-11-32(5)12-14-33/h6-10,15-16,18H,3-4,11-14,17H2,1-2,5H3,(H,30,36). The third kappa shape index (κ3) is 4.61. The first-order valence-electron chi connectivity index (χ1n) is 12.7. The van der Waals surface area contributed by atoms with Crippen molar-refractivity contribution >= 4 is 28.6 Å². The van der Waals surface area contributed by atoms with E-state index >= 15 is 0 Å². The van der Waals surface area contributed by atoms with Crippen molar-refractivity contribution in [2.24, 2.45) is 0 Å². The lowest BCUT2D eigenvalue weighted by Crippen LogP contribution is -2.49. The van der Waals surface area contributed by atoms with E-state index in [2.05, 4.69) is 48.4 Å². The molecule has 3 amide bonds. The predicted molar refractivity (Wildman–Crippen MR) is 146 cm³/mol. The second kappa shape index (κ2) is 9.90. The molecule has 38 heavy (non-hydrogen) atoms. The maximum Gasteiger partial charge on any atom is 0.271 e. The number of benzene rings is 2. The summed E-state index contributed by atoms with van der Waals surface area (Å²) in [4.78, 5) is 44.2. The van der Waals surface area contributed by atoms with Gasteiger partial charge in [0, 0.05) is 49.4 Å². The van der Waals surface area contributed by atoms with Crippen molar-refractivity contribution in [1.29, 1.82) is 0 Å². The van der Waals surface area contributed by atoms with Gasteiger partial charge in [-0.2, -0.15) is 5.10 Å². The van der Waals surface area contributed by atoms with Gasteiger partial charge in [-0.05, 0) is 55.8 Å². The number of piperazine rings is 1. The molecule has 1 N–H and O–H groups in total. The van der Waals surface area contributed by atoms with Gasteiger partial charge in [-0.25, -0.2) is 0 Å². The molecule has 9 nitrogen and oxygen atoms in total. The maximum absolute atomic E-state index is 13.3. The first-order valence-corrected chi connectivity index (χ1v) is 12.7. The molecule has 196 valence electrons. The summed E-state index contributed by atoms with van der Waals surface area (Å²) in [6.45, 7) is 14.7. The van der Waals surface area contributed by atoms with Crippen LogP contribution in [0.1, 0.15) is 35.8 Å². The van der Waals surface area contributed by atoms with E-state index in [9.17, 15) is 14.4 Å². The Morgan fingerprint density at radius 1 is 1.03 bits per heavy atom. The normalized spacial score (nSPS) is 15.7. The maximum atomic E-state index is 13.3. The van der Waals surface area contributed by atoms with Crippen LogP contribution < -0.4 is 5.32 Å². The molecule has 5 rings (SSSR count). The lowest BCUT2D eigenvalue weighted by molar-refractivity contribution is -0.130. The van der Waals surface area contributed by atoms with Crippen LogP contribution in [0.3, 0.4) is 0 Å². The minimum absolute atomic E-state index is 0.0270. The summed E-state index contributed by atoms with van der Waals surface area (Å²) in [5, 5.41) is 8.18. The summed E-state index contributed by atoms with van der Waals surface area (Å²) in [7, 11) is 2.00. The number of nitrogens with zero attached hydrogens (tertiary/aromatic N) is 5. The molecule has 2 aliphatic heterocycles. The lowest BCUT2D eigenvalue weighted by Gasteiger charge is -2.32. The van der Waals surface area contributed by atoms with Gasteiger partial charge in [0.05, 0.1) is 17.8 Å². The zero-order valence-electron chi connectivity index (χ0n) is 22.0. The zero-order chi connectivity index (χ0) is 27.1. The highest BCUT2D eigenvalue weighted by Crippen LogP contribution is 2.35. The predicted octanol–water partition coefficient (Wildman–Crippen LogP) is 3.16. The van der Waals surface area contributed by atoms with Crippen molar-refractivity contribution in [3.63, 3.8) is 0 Å². The fourth-order valence-electron chi connectivity index (χ4n) is 4.88. The molecule has 0 bridgehead atoms. The quantitative estimate of drug-likeness (QED) is 0.513. The van der Waals surface area contributed by atoms with Crippen LogP contribution in [0.25, 0.3) is 22.0 Å². The largest absolute Gasteiger partial charge is 0.335 e. The van der Waals surface area contributed by atoms with Crippen LogP contribution in [0.5, 0.6) is 0 Å². The Kier molecular flexibility index (Phi) is 6.62. The van der Waals surface area contributed by atoms with Crippen molar-refractivity contribution in [3.8, 4) is 11.1 Å². The van der Waals surface area contributed by atoms with Gasteiger partial charge in [-0.15, -0.1) is 0 Å². The smallest absolute Gasteiger partial charge is 0.271 e. The Morgan fingerprint density at radius 2 is 1.74 bits per heavy atom. The first-order chi connectivity index (χ1) is 18.1. The monoisotopic (exact) mass is 512 g/mol. The highest BCUT2D eigenvalue weighted by atomic mass is 16.2. The first kappa shape index (κ1) is 25.4. The molecule has 1 aromatic heterocycles. The Hall–Kier alpha value is -4.24. The number of rotatable bonds is 6. The van der Waals surface area contributed by atoms with E-state index in [1.165, 1.54) is 4.90 Å². The van der Waals surface area contributed by atoms with E-state index in [1.54, 1.807) is 11.0 Å². The zero-order valence-corrected chi connectivity index (χ0v) is 22.0. The number of aromatic nitrogens is 2. The number of carbonyl (C=O) groups is 3. The van der Waals surface area contributed by atoms with Crippen molar-refractivity contribution < 1.29 is 14.4 Å². The van der Waals surface area contributed by atoms with Gasteiger partial charge in [-0.1, -0.05) is 31.4 Å². The summed E-state index contributed by atoms with van der Waals surface area (Å²) >= 11 is 0. The molecule has 0 aliphatic carbocycles. The Bertz CT molecular complexity index is 1480. The molecule has 3 heterocycles. The van der Waals surface area contributed by atoms with Crippen LogP contribution in [-0.4, -0.2) is 75.4 Å². The molecule has 0 spiro atoms. The Balaban J connectivity index is 1.32. The number of hydrogen-bond acceptors (Lipinski definition) is 5. The molecular formula is C29H32N6O3. The molecule has 0 radical (unpaired) electrons. The second-order valence-electron chi connectivity index (χ2n) is 10.2. The summed E-state index contributed by atoms with van der Waals surface area (Å²) in [6.07, 6.45) is 2.02. The van der Waals surface area contributed by atoms with E-state index in [1.807, 2.05) is 42.2 Å². The van der Waals surface area contributed by atoms with E-state index in [4.69, 9.17) is 0 Å². The Morgan fingerprint density at radius 3 is 2.45 bits per heavy atom. The highest BCUT2D eigenvalue weighted by Gasteiger charge is 2.34. The summed E-state index contributed by atoms with van der Waals surface area (Å²) < 4.78 is 1.93. The van der Waals surface area contributed by atoms with Crippen molar-refractivity contribution in [3.05, 3.63) is 78.3 Å². The van der Waals surface area contributed by atoms with Gasteiger partial charge in [0.25, 0.3) is 17.7 Å². The third-order valence-corrected chi connectivity index (χ3v) is 7.23. The van der Waals surface area contributed by atoms with Gasteiger partial charge < -0.3 is 15.1 Å². The fraction of sp³-hybridized carbons (Fsp3) is 0.310. The number of nitrogens with one attached hydrogen (secondary N) is 1. The lowest BCUT2D eigenvalue weighted by atomic mass is 9.96. The molecule has 9 heteroatoms. The summed E-state index contributed by atoms with van der Waals surface area (Å²) in [5.41, 5.74) is 4.09. The van der Waals surface area contributed by atoms with Crippen LogP contribution in [0.4, 0.5) is 0 Å². The summed E-state index contributed by atoms with van der Waals surface area (Å²) in [6, 6.07) is 11.9. The SMILES string of the molecule is C=C(NC(=O)C(=C)N1Cc2c(cccc2-c2ccc3nn(C(C)C)cc3c2)C1=O)C(=O)N1CCN(C)CC1.